The maximum absolute atomic E-state index is 12.7. The van der Waals surface area contributed by atoms with Crippen molar-refractivity contribution in [3.05, 3.63) is 59.2 Å². The summed E-state index contributed by atoms with van der Waals surface area (Å²) in [6.45, 7) is 5.48. The van der Waals surface area contributed by atoms with Crippen molar-refractivity contribution in [2.45, 2.75) is 38.6 Å². The normalized spacial score (nSPS) is 20.7. The molecule has 1 fully saturated rings. The highest BCUT2D eigenvalue weighted by molar-refractivity contribution is 5.93. The summed E-state index contributed by atoms with van der Waals surface area (Å²) in [4.78, 5) is 25.7. The number of benzene rings is 1. The van der Waals surface area contributed by atoms with E-state index in [1.54, 1.807) is 12.4 Å². The van der Waals surface area contributed by atoms with Gasteiger partial charge in [-0.25, -0.2) is 9.97 Å². The number of aryl methyl sites for hydroxylation is 2. The lowest BCUT2D eigenvalue weighted by atomic mass is 9.87. The third kappa shape index (κ3) is 3.49. The van der Waals surface area contributed by atoms with Crippen molar-refractivity contribution in [1.82, 2.24) is 19.8 Å². The SMILES string of the molecule is CCc1ncc(C(=O)N2CCN([C@@H]3CCc4ccccc4C3)CC2)cn1. The predicted molar refractivity (Wildman–Crippen MR) is 101 cm³/mol. The largest absolute Gasteiger partial charge is 0.336 e. The molecule has 1 aromatic heterocycles. The van der Waals surface area contributed by atoms with Gasteiger partial charge < -0.3 is 4.90 Å². The molecular weight excluding hydrogens is 324 g/mol. The molecule has 4 rings (SSSR count). The van der Waals surface area contributed by atoms with E-state index >= 15 is 0 Å². The minimum atomic E-state index is 0.0568. The van der Waals surface area contributed by atoms with Crippen LogP contribution in [0.15, 0.2) is 36.7 Å². The molecule has 5 nitrogen and oxygen atoms in total. The second-order valence-corrected chi connectivity index (χ2v) is 7.24. The van der Waals surface area contributed by atoms with Gasteiger partial charge in [0, 0.05) is 51.0 Å². The molecule has 1 aliphatic heterocycles. The Bertz CT molecular complexity index is 766. The first kappa shape index (κ1) is 17.2. The molecule has 2 aromatic rings. The Hall–Kier alpha value is -2.27. The number of fused-ring (bicyclic) bond motifs is 1. The Labute approximate surface area is 155 Å². The standard InChI is InChI=1S/C21H26N4O/c1-2-20-22-14-18(15-23-20)21(26)25-11-9-24(10-12-25)19-8-7-16-5-3-4-6-17(16)13-19/h3-6,14-15,19H,2,7-13H2,1H3/t19-/m1/s1. The third-order valence-electron chi connectivity index (χ3n) is 5.71. The summed E-state index contributed by atoms with van der Waals surface area (Å²) < 4.78 is 0. The van der Waals surface area contributed by atoms with Crippen LogP contribution < -0.4 is 0 Å². The first-order valence-corrected chi connectivity index (χ1v) is 9.65. The molecule has 0 saturated carbocycles. The molecule has 0 unspecified atom stereocenters. The van der Waals surface area contributed by atoms with E-state index in [1.165, 1.54) is 24.0 Å². The van der Waals surface area contributed by atoms with E-state index in [-0.39, 0.29) is 5.91 Å². The van der Waals surface area contributed by atoms with Gasteiger partial charge in [-0.1, -0.05) is 31.2 Å². The lowest BCUT2D eigenvalue weighted by molar-refractivity contribution is 0.0552. The first-order chi connectivity index (χ1) is 12.7. The van der Waals surface area contributed by atoms with E-state index in [4.69, 9.17) is 0 Å². The predicted octanol–water partition coefficient (Wildman–Crippen LogP) is 2.35. The van der Waals surface area contributed by atoms with Crippen LogP contribution in [0.4, 0.5) is 0 Å². The highest BCUT2D eigenvalue weighted by atomic mass is 16.2. The average molecular weight is 350 g/mol. The molecule has 1 amide bonds. The number of piperazine rings is 1. The van der Waals surface area contributed by atoms with Crippen molar-refractivity contribution >= 4 is 5.91 Å². The van der Waals surface area contributed by atoms with Gasteiger partial charge in [0.05, 0.1) is 5.56 Å². The molecule has 2 aliphatic rings. The Morgan fingerprint density at radius 1 is 1.08 bits per heavy atom. The highest BCUT2D eigenvalue weighted by Gasteiger charge is 2.29. The molecule has 26 heavy (non-hydrogen) atoms. The van der Waals surface area contributed by atoms with Crippen LogP contribution in [0.3, 0.4) is 0 Å². The Kier molecular flexibility index (Phi) is 4.98. The van der Waals surface area contributed by atoms with Gasteiger partial charge in [0.1, 0.15) is 5.82 Å². The van der Waals surface area contributed by atoms with E-state index in [2.05, 4.69) is 39.1 Å². The Morgan fingerprint density at radius 2 is 1.77 bits per heavy atom. The van der Waals surface area contributed by atoms with E-state index in [1.807, 2.05) is 11.8 Å². The molecule has 0 bridgehead atoms. The number of hydrogen-bond acceptors (Lipinski definition) is 4. The number of carbonyl (C=O) groups excluding carboxylic acids is 1. The summed E-state index contributed by atoms with van der Waals surface area (Å²) in [5, 5.41) is 0. The zero-order valence-corrected chi connectivity index (χ0v) is 15.4. The highest BCUT2D eigenvalue weighted by Crippen LogP contribution is 2.25. The lowest BCUT2D eigenvalue weighted by Gasteiger charge is -2.41. The second-order valence-electron chi connectivity index (χ2n) is 7.24. The smallest absolute Gasteiger partial charge is 0.257 e. The van der Waals surface area contributed by atoms with Crippen molar-refractivity contribution in [3.8, 4) is 0 Å². The van der Waals surface area contributed by atoms with Gasteiger partial charge in [-0.2, -0.15) is 0 Å². The summed E-state index contributed by atoms with van der Waals surface area (Å²) in [6.07, 6.45) is 7.64. The van der Waals surface area contributed by atoms with E-state index in [0.717, 1.165) is 44.8 Å². The number of rotatable bonds is 3. The van der Waals surface area contributed by atoms with Gasteiger partial charge in [0.2, 0.25) is 0 Å². The van der Waals surface area contributed by atoms with Crippen LogP contribution in [0.2, 0.25) is 0 Å². The molecule has 1 aliphatic carbocycles. The van der Waals surface area contributed by atoms with Gasteiger partial charge in [-0.15, -0.1) is 0 Å². The number of amides is 1. The lowest BCUT2D eigenvalue weighted by Crippen LogP contribution is -2.53. The molecular formula is C21H26N4O. The van der Waals surface area contributed by atoms with E-state index in [0.29, 0.717) is 11.6 Å². The molecule has 0 radical (unpaired) electrons. The number of hydrogen-bond donors (Lipinski definition) is 0. The van der Waals surface area contributed by atoms with Crippen molar-refractivity contribution in [2.24, 2.45) is 0 Å². The first-order valence-electron chi connectivity index (χ1n) is 9.65. The van der Waals surface area contributed by atoms with Gasteiger partial charge in [-0.3, -0.25) is 9.69 Å². The zero-order chi connectivity index (χ0) is 17.9. The topological polar surface area (TPSA) is 49.3 Å². The van der Waals surface area contributed by atoms with Crippen molar-refractivity contribution in [2.75, 3.05) is 26.2 Å². The van der Waals surface area contributed by atoms with Crippen LogP contribution in [0.1, 0.15) is 40.7 Å². The van der Waals surface area contributed by atoms with Crippen LogP contribution in [-0.2, 0) is 19.3 Å². The monoisotopic (exact) mass is 350 g/mol. The summed E-state index contributed by atoms with van der Waals surface area (Å²) in [5.74, 6) is 0.838. The molecule has 1 aromatic carbocycles. The fraction of sp³-hybridized carbons (Fsp3) is 0.476. The maximum Gasteiger partial charge on any atom is 0.257 e. The van der Waals surface area contributed by atoms with Gasteiger partial charge in [0.15, 0.2) is 0 Å². The summed E-state index contributed by atoms with van der Waals surface area (Å²) in [7, 11) is 0. The zero-order valence-electron chi connectivity index (χ0n) is 15.4. The summed E-state index contributed by atoms with van der Waals surface area (Å²) in [6, 6.07) is 9.41. The summed E-state index contributed by atoms with van der Waals surface area (Å²) in [5.41, 5.74) is 3.60. The molecule has 5 heteroatoms. The molecule has 2 heterocycles. The molecule has 136 valence electrons. The number of aromatic nitrogens is 2. The second kappa shape index (κ2) is 7.54. The fourth-order valence-corrected chi connectivity index (χ4v) is 4.11. The fourth-order valence-electron chi connectivity index (χ4n) is 4.11. The Balaban J connectivity index is 1.34. The summed E-state index contributed by atoms with van der Waals surface area (Å²) >= 11 is 0. The minimum absolute atomic E-state index is 0.0568. The molecule has 1 saturated heterocycles. The van der Waals surface area contributed by atoms with E-state index in [9.17, 15) is 4.79 Å². The van der Waals surface area contributed by atoms with Crippen molar-refractivity contribution in [1.29, 1.82) is 0 Å². The van der Waals surface area contributed by atoms with Crippen molar-refractivity contribution < 1.29 is 4.79 Å². The van der Waals surface area contributed by atoms with Crippen LogP contribution in [0.25, 0.3) is 0 Å². The van der Waals surface area contributed by atoms with Crippen LogP contribution >= 0.6 is 0 Å². The molecule has 0 N–H and O–H groups in total. The Morgan fingerprint density at radius 3 is 2.46 bits per heavy atom. The van der Waals surface area contributed by atoms with Crippen LogP contribution in [-0.4, -0.2) is 57.9 Å². The minimum Gasteiger partial charge on any atom is -0.336 e. The van der Waals surface area contributed by atoms with Crippen molar-refractivity contribution in [3.63, 3.8) is 0 Å². The maximum atomic E-state index is 12.7. The third-order valence-corrected chi connectivity index (χ3v) is 5.71. The van der Waals surface area contributed by atoms with Crippen LogP contribution in [0.5, 0.6) is 0 Å². The average Bonchev–Trinajstić information content (AvgIpc) is 2.73. The molecule has 1 atom stereocenters. The number of nitrogens with zero attached hydrogens (tertiary/aromatic N) is 4. The van der Waals surface area contributed by atoms with Gasteiger partial charge in [0.25, 0.3) is 5.91 Å². The van der Waals surface area contributed by atoms with Crippen LogP contribution in [0, 0.1) is 0 Å². The number of carbonyl (C=O) groups is 1. The quantitative estimate of drug-likeness (QED) is 0.853. The molecule has 0 spiro atoms. The van der Waals surface area contributed by atoms with E-state index < -0.39 is 0 Å². The van der Waals surface area contributed by atoms with Gasteiger partial charge in [-0.05, 0) is 30.4 Å². The van der Waals surface area contributed by atoms with Gasteiger partial charge >= 0.3 is 0 Å².